The molecule has 1 aliphatic heterocycles. The van der Waals surface area contributed by atoms with Gasteiger partial charge in [0, 0.05) is 38.6 Å². The van der Waals surface area contributed by atoms with E-state index in [0.29, 0.717) is 25.4 Å². The second-order valence-corrected chi connectivity index (χ2v) is 7.75. The first-order chi connectivity index (χ1) is 14.2. The highest BCUT2D eigenvalue weighted by Gasteiger charge is 2.23. The summed E-state index contributed by atoms with van der Waals surface area (Å²) in [5, 5.41) is 9.23. The average molecular weight is 410 g/mol. The molecule has 3 aromatic rings. The highest BCUT2D eigenvalue weighted by Crippen LogP contribution is 2.20. The standard InChI is InChI=1S/C20H23N7OS/c1-16-23-24-20(27(16)14-17-6-3-2-4-7-17)29-15-18(28)25-10-12-26(13-11-25)19-21-8-5-9-22-19/h2-9H,10-15H2,1H3. The molecule has 1 aromatic carbocycles. The molecule has 1 aliphatic rings. The van der Waals surface area contributed by atoms with E-state index in [9.17, 15) is 4.79 Å². The quantitative estimate of drug-likeness (QED) is 0.575. The molecular weight excluding hydrogens is 386 g/mol. The molecule has 9 heteroatoms. The number of carbonyl (C=O) groups excluding carboxylic acids is 1. The van der Waals surface area contributed by atoms with Gasteiger partial charge in [-0.15, -0.1) is 10.2 Å². The number of hydrogen-bond acceptors (Lipinski definition) is 7. The number of carbonyl (C=O) groups is 1. The summed E-state index contributed by atoms with van der Waals surface area (Å²) in [4.78, 5) is 25.3. The van der Waals surface area contributed by atoms with Crippen molar-refractivity contribution in [3.63, 3.8) is 0 Å². The Morgan fingerprint density at radius 3 is 2.45 bits per heavy atom. The Morgan fingerprint density at radius 2 is 1.72 bits per heavy atom. The van der Waals surface area contributed by atoms with E-state index in [1.54, 1.807) is 18.5 Å². The van der Waals surface area contributed by atoms with E-state index in [1.807, 2.05) is 30.0 Å². The van der Waals surface area contributed by atoms with Crippen LogP contribution in [0.2, 0.25) is 0 Å². The first-order valence-electron chi connectivity index (χ1n) is 9.57. The van der Waals surface area contributed by atoms with E-state index in [1.165, 1.54) is 17.3 Å². The third-order valence-electron chi connectivity index (χ3n) is 4.88. The van der Waals surface area contributed by atoms with Gasteiger partial charge in [-0.25, -0.2) is 9.97 Å². The van der Waals surface area contributed by atoms with Crippen molar-refractivity contribution in [1.82, 2.24) is 29.6 Å². The van der Waals surface area contributed by atoms with Crippen LogP contribution in [0.4, 0.5) is 5.95 Å². The fourth-order valence-corrected chi connectivity index (χ4v) is 4.13. The monoisotopic (exact) mass is 409 g/mol. The van der Waals surface area contributed by atoms with Crippen molar-refractivity contribution in [1.29, 1.82) is 0 Å². The number of anilines is 1. The van der Waals surface area contributed by atoms with Gasteiger partial charge in [0.1, 0.15) is 5.82 Å². The molecular formula is C20H23N7OS. The summed E-state index contributed by atoms with van der Waals surface area (Å²) in [5.74, 6) is 2.05. The molecule has 150 valence electrons. The highest BCUT2D eigenvalue weighted by atomic mass is 32.2. The van der Waals surface area contributed by atoms with Gasteiger partial charge in [-0.1, -0.05) is 42.1 Å². The summed E-state index contributed by atoms with van der Waals surface area (Å²) in [6, 6.07) is 12.0. The maximum Gasteiger partial charge on any atom is 0.233 e. The Morgan fingerprint density at radius 1 is 1.00 bits per heavy atom. The molecule has 0 atom stereocenters. The van der Waals surface area contributed by atoms with Crippen LogP contribution in [0.5, 0.6) is 0 Å². The zero-order valence-electron chi connectivity index (χ0n) is 16.3. The van der Waals surface area contributed by atoms with Crippen molar-refractivity contribution < 1.29 is 4.79 Å². The summed E-state index contributed by atoms with van der Waals surface area (Å²) in [6.45, 7) is 5.47. The molecule has 2 aromatic heterocycles. The minimum Gasteiger partial charge on any atom is -0.338 e. The third kappa shape index (κ3) is 4.73. The summed E-state index contributed by atoms with van der Waals surface area (Å²) in [7, 11) is 0. The summed E-state index contributed by atoms with van der Waals surface area (Å²) >= 11 is 1.45. The van der Waals surface area contributed by atoms with Crippen molar-refractivity contribution >= 4 is 23.6 Å². The topological polar surface area (TPSA) is 80.0 Å². The maximum atomic E-state index is 12.7. The zero-order valence-corrected chi connectivity index (χ0v) is 17.1. The average Bonchev–Trinajstić information content (AvgIpc) is 3.13. The van der Waals surface area contributed by atoms with Crippen LogP contribution in [-0.2, 0) is 11.3 Å². The van der Waals surface area contributed by atoms with Crippen LogP contribution in [0.25, 0.3) is 0 Å². The fraction of sp³-hybridized carbons (Fsp3) is 0.350. The molecule has 0 spiro atoms. The van der Waals surface area contributed by atoms with Gasteiger partial charge in [-0.3, -0.25) is 4.79 Å². The molecule has 0 radical (unpaired) electrons. The number of hydrogen-bond donors (Lipinski definition) is 0. The third-order valence-corrected chi connectivity index (χ3v) is 5.83. The van der Waals surface area contributed by atoms with Crippen LogP contribution in [0, 0.1) is 6.92 Å². The van der Waals surface area contributed by atoms with Gasteiger partial charge >= 0.3 is 0 Å². The second-order valence-electron chi connectivity index (χ2n) is 6.81. The number of piperazine rings is 1. The first kappa shape index (κ1) is 19.4. The van der Waals surface area contributed by atoms with Crippen LogP contribution in [0.3, 0.4) is 0 Å². The van der Waals surface area contributed by atoms with Crippen molar-refractivity contribution in [2.24, 2.45) is 0 Å². The second kappa shape index (κ2) is 9.04. The van der Waals surface area contributed by atoms with E-state index in [0.717, 1.165) is 30.0 Å². The summed E-state index contributed by atoms with van der Waals surface area (Å²) < 4.78 is 2.05. The number of thioether (sulfide) groups is 1. The summed E-state index contributed by atoms with van der Waals surface area (Å²) in [6.07, 6.45) is 3.48. The number of aromatic nitrogens is 5. The normalized spacial score (nSPS) is 14.2. The van der Waals surface area contributed by atoms with Crippen LogP contribution < -0.4 is 4.90 Å². The minimum atomic E-state index is 0.121. The van der Waals surface area contributed by atoms with Gasteiger partial charge in [-0.05, 0) is 18.6 Å². The van der Waals surface area contributed by atoms with E-state index in [4.69, 9.17) is 0 Å². The van der Waals surface area contributed by atoms with E-state index in [2.05, 4.69) is 41.8 Å². The predicted molar refractivity (Wildman–Crippen MR) is 112 cm³/mol. The predicted octanol–water partition coefficient (Wildman–Crippen LogP) is 1.87. The molecule has 1 fully saturated rings. The lowest BCUT2D eigenvalue weighted by Gasteiger charge is -2.34. The molecule has 3 heterocycles. The van der Waals surface area contributed by atoms with Gasteiger partial charge in [0.05, 0.1) is 12.3 Å². The molecule has 4 rings (SSSR count). The molecule has 0 saturated carbocycles. The fourth-order valence-electron chi connectivity index (χ4n) is 3.24. The number of nitrogens with zero attached hydrogens (tertiary/aromatic N) is 7. The first-order valence-corrected chi connectivity index (χ1v) is 10.6. The van der Waals surface area contributed by atoms with Crippen molar-refractivity contribution in [3.05, 3.63) is 60.2 Å². The van der Waals surface area contributed by atoms with Crippen molar-refractivity contribution in [2.75, 3.05) is 36.8 Å². The van der Waals surface area contributed by atoms with Crippen LogP contribution in [-0.4, -0.2) is 67.5 Å². The number of rotatable bonds is 6. The molecule has 0 bridgehead atoms. The molecule has 0 unspecified atom stereocenters. The number of benzene rings is 1. The molecule has 8 nitrogen and oxygen atoms in total. The number of aryl methyl sites for hydroxylation is 1. The zero-order chi connectivity index (χ0) is 20.1. The van der Waals surface area contributed by atoms with E-state index in [-0.39, 0.29) is 5.91 Å². The van der Waals surface area contributed by atoms with Gasteiger partial charge in [0.25, 0.3) is 0 Å². The van der Waals surface area contributed by atoms with Crippen molar-refractivity contribution in [3.8, 4) is 0 Å². The van der Waals surface area contributed by atoms with Crippen LogP contribution >= 0.6 is 11.8 Å². The number of amides is 1. The lowest BCUT2D eigenvalue weighted by atomic mass is 10.2. The Kier molecular flexibility index (Phi) is 6.04. The molecule has 0 aliphatic carbocycles. The Bertz CT molecular complexity index is 940. The molecule has 1 amide bonds. The lowest BCUT2D eigenvalue weighted by molar-refractivity contribution is -0.128. The Labute approximate surface area is 174 Å². The molecule has 0 N–H and O–H groups in total. The van der Waals surface area contributed by atoms with E-state index < -0.39 is 0 Å². The SMILES string of the molecule is Cc1nnc(SCC(=O)N2CCN(c3ncccn3)CC2)n1Cc1ccccc1. The Hall–Kier alpha value is -2.94. The van der Waals surface area contributed by atoms with Gasteiger partial charge in [0.2, 0.25) is 11.9 Å². The Balaban J connectivity index is 1.31. The lowest BCUT2D eigenvalue weighted by Crippen LogP contribution is -2.49. The van der Waals surface area contributed by atoms with Gasteiger partial charge in [0.15, 0.2) is 5.16 Å². The van der Waals surface area contributed by atoms with Gasteiger partial charge < -0.3 is 14.4 Å². The van der Waals surface area contributed by atoms with E-state index >= 15 is 0 Å². The van der Waals surface area contributed by atoms with Crippen molar-refractivity contribution in [2.45, 2.75) is 18.6 Å². The minimum absolute atomic E-state index is 0.121. The van der Waals surface area contributed by atoms with Gasteiger partial charge in [-0.2, -0.15) is 0 Å². The molecule has 1 saturated heterocycles. The van der Waals surface area contributed by atoms with Crippen LogP contribution in [0.1, 0.15) is 11.4 Å². The highest BCUT2D eigenvalue weighted by molar-refractivity contribution is 7.99. The largest absolute Gasteiger partial charge is 0.338 e. The summed E-state index contributed by atoms with van der Waals surface area (Å²) in [5.41, 5.74) is 1.18. The smallest absolute Gasteiger partial charge is 0.233 e. The molecule has 29 heavy (non-hydrogen) atoms. The maximum absolute atomic E-state index is 12.7. The van der Waals surface area contributed by atoms with Crippen LogP contribution in [0.15, 0.2) is 53.9 Å².